The van der Waals surface area contributed by atoms with Gasteiger partial charge in [-0.25, -0.2) is 0 Å². The fourth-order valence-electron chi connectivity index (χ4n) is 2.33. The Labute approximate surface area is 124 Å². The van der Waals surface area contributed by atoms with Gasteiger partial charge in [0.2, 0.25) is 0 Å². The van der Waals surface area contributed by atoms with Gasteiger partial charge in [0, 0.05) is 28.2 Å². The van der Waals surface area contributed by atoms with Crippen LogP contribution in [0.5, 0.6) is 0 Å². The average Bonchev–Trinajstić information content (AvgIpc) is 2.38. The second-order valence-electron chi connectivity index (χ2n) is 4.24. The minimum atomic E-state index is 0.00340. The van der Waals surface area contributed by atoms with E-state index < -0.39 is 0 Å². The highest BCUT2D eigenvalue weighted by Crippen LogP contribution is 2.33. The zero-order chi connectivity index (χ0) is 13.1. The summed E-state index contributed by atoms with van der Waals surface area (Å²) in [6.45, 7) is 5.28. The van der Waals surface area contributed by atoms with E-state index in [1.54, 1.807) is 0 Å². The van der Waals surface area contributed by atoms with Gasteiger partial charge in [-0.2, -0.15) is 0 Å². The first-order chi connectivity index (χ1) is 8.67. The van der Waals surface area contributed by atoms with E-state index >= 15 is 0 Å². The fourth-order valence-corrected chi connectivity index (χ4v) is 3.55. The lowest BCUT2D eigenvalue weighted by atomic mass is 10.0. The Bertz CT molecular complexity index is 404. The fraction of sp³-hybridized carbons (Fsp3) is 0.583. The third-order valence-electron chi connectivity index (χ3n) is 3.21. The molecule has 2 heterocycles. The highest BCUT2D eigenvalue weighted by Gasteiger charge is 2.34. The number of nitrogens with two attached hydrogens (primary N) is 1. The molecule has 2 N–H and O–H groups in total. The van der Waals surface area contributed by atoms with E-state index in [4.69, 9.17) is 10.5 Å². The van der Waals surface area contributed by atoms with Gasteiger partial charge >= 0.3 is 0 Å². The topological polar surface area (TPSA) is 51.4 Å². The molecule has 0 spiro atoms. The summed E-state index contributed by atoms with van der Waals surface area (Å²) < 4.78 is 7.72. The number of likely N-dealkylation sites (N-methyl/N-ethyl adjacent to an activating group) is 1. The lowest BCUT2D eigenvalue weighted by molar-refractivity contribution is -0.0674. The molecular formula is C12H17Br2N3O. The van der Waals surface area contributed by atoms with E-state index in [1.807, 2.05) is 12.3 Å². The molecule has 1 aliphatic heterocycles. The summed E-state index contributed by atoms with van der Waals surface area (Å²) in [5.74, 6) is 0. The standard InChI is InChI=1S/C12H17Br2N3O/c1-2-17-3-4-18-10(6-15)12(17)11-9(14)5-8(13)7-16-11/h5,7,10,12H,2-4,6,15H2,1H3. The molecule has 1 fully saturated rings. The summed E-state index contributed by atoms with van der Waals surface area (Å²) in [5.41, 5.74) is 6.82. The molecule has 2 atom stereocenters. The Morgan fingerprint density at radius 3 is 2.94 bits per heavy atom. The third-order valence-corrected chi connectivity index (χ3v) is 4.28. The van der Waals surface area contributed by atoms with Crippen LogP contribution < -0.4 is 5.73 Å². The van der Waals surface area contributed by atoms with Crippen molar-refractivity contribution in [3.05, 3.63) is 26.9 Å². The molecular weight excluding hydrogens is 362 g/mol. The predicted molar refractivity (Wildman–Crippen MR) is 78.4 cm³/mol. The van der Waals surface area contributed by atoms with Gasteiger partial charge in [0.1, 0.15) is 0 Å². The van der Waals surface area contributed by atoms with Gasteiger partial charge in [-0.15, -0.1) is 0 Å². The van der Waals surface area contributed by atoms with Crippen LogP contribution in [-0.4, -0.2) is 42.2 Å². The number of pyridine rings is 1. The third kappa shape index (κ3) is 2.93. The lowest BCUT2D eigenvalue weighted by Crippen LogP contribution is -2.48. The van der Waals surface area contributed by atoms with Crippen LogP contribution in [0.2, 0.25) is 0 Å². The zero-order valence-electron chi connectivity index (χ0n) is 10.3. The Morgan fingerprint density at radius 2 is 2.33 bits per heavy atom. The number of nitrogens with zero attached hydrogens (tertiary/aromatic N) is 2. The van der Waals surface area contributed by atoms with E-state index in [0.29, 0.717) is 6.54 Å². The second kappa shape index (κ2) is 6.43. The van der Waals surface area contributed by atoms with Crippen molar-refractivity contribution in [3.63, 3.8) is 0 Å². The molecule has 0 saturated carbocycles. The first-order valence-corrected chi connectivity index (χ1v) is 7.62. The lowest BCUT2D eigenvalue weighted by Gasteiger charge is -2.40. The van der Waals surface area contributed by atoms with Crippen LogP contribution in [0.15, 0.2) is 21.2 Å². The van der Waals surface area contributed by atoms with Gasteiger partial charge in [-0.3, -0.25) is 9.88 Å². The molecule has 0 bridgehead atoms. The first-order valence-electron chi connectivity index (χ1n) is 6.04. The molecule has 1 saturated heterocycles. The van der Waals surface area contributed by atoms with Crippen molar-refractivity contribution < 1.29 is 4.74 Å². The van der Waals surface area contributed by atoms with Crippen molar-refractivity contribution in [2.24, 2.45) is 5.73 Å². The van der Waals surface area contributed by atoms with E-state index in [2.05, 4.69) is 48.7 Å². The number of morpholine rings is 1. The highest BCUT2D eigenvalue weighted by atomic mass is 79.9. The molecule has 1 aromatic rings. The number of hydrogen-bond acceptors (Lipinski definition) is 4. The maximum absolute atomic E-state index is 5.82. The molecule has 0 aromatic carbocycles. The Hall–Kier alpha value is -0.0100. The highest BCUT2D eigenvalue weighted by molar-refractivity contribution is 9.11. The molecule has 2 rings (SSSR count). The molecule has 100 valence electrons. The molecule has 1 aromatic heterocycles. The van der Waals surface area contributed by atoms with Crippen molar-refractivity contribution in [2.75, 3.05) is 26.2 Å². The van der Waals surface area contributed by atoms with Crippen molar-refractivity contribution in [1.82, 2.24) is 9.88 Å². The smallest absolute Gasteiger partial charge is 0.0910 e. The van der Waals surface area contributed by atoms with Gasteiger partial charge < -0.3 is 10.5 Å². The summed E-state index contributed by atoms with van der Waals surface area (Å²) in [5, 5.41) is 0. The SMILES string of the molecule is CCN1CCOC(CN)C1c1ncc(Br)cc1Br. The minimum Gasteiger partial charge on any atom is -0.374 e. The van der Waals surface area contributed by atoms with Gasteiger partial charge in [-0.1, -0.05) is 6.92 Å². The second-order valence-corrected chi connectivity index (χ2v) is 6.01. The van der Waals surface area contributed by atoms with Crippen LogP contribution in [0.4, 0.5) is 0 Å². The van der Waals surface area contributed by atoms with E-state index in [1.165, 1.54) is 0 Å². The van der Waals surface area contributed by atoms with Gasteiger partial charge in [-0.05, 0) is 44.5 Å². The van der Waals surface area contributed by atoms with Crippen molar-refractivity contribution >= 4 is 31.9 Å². The summed E-state index contributed by atoms with van der Waals surface area (Å²) in [7, 11) is 0. The minimum absolute atomic E-state index is 0.00340. The van der Waals surface area contributed by atoms with Crippen LogP contribution in [-0.2, 0) is 4.74 Å². The van der Waals surface area contributed by atoms with Crippen LogP contribution in [0.3, 0.4) is 0 Å². The zero-order valence-corrected chi connectivity index (χ0v) is 13.4. The monoisotopic (exact) mass is 377 g/mol. The van der Waals surface area contributed by atoms with Crippen LogP contribution in [0.25, 0.3) is 0 Å². The van der Waals surface area contributed by atoms with Crippen molar-refractivity contribution in [3.8, 4) is 0 Å². The molecule has 1 aliphatic rings. The van der Waals surface area contributed by atoms with Crippen molar-refractivity contribution in [1.29, 1.82) is 0 Å². The average molecular weight is 379 g/mol. The largest absolute Gasteiger partial charge is 0.374 e. The molecule has 0 aliphatic carbocycles. The van der Waals surface area contributed by atoms with E-state index in [9.17, 15) is 0 Å². The maximum Gasteiger partial charge on any atom is 0.0910 e. The Balaban J connectivity index is 2.36. The number of ether oxygens (including phenoxy) is 1. The van der Waals surface area contributed by atoms with Crippen LogP contribution >= 0.6 is 31.9 Å². The molecule has 0 amide bonds. The molecule has 18 heavy (non-hydrogen) atoms. The number of rotatable bonds is 3. The number of hydrogen-bond donors (Lipinski definition) is 1. The summed E-state index contributed by atoms with van der Waals surface area (Å²) in [4.78, 5) is 6.89. The maximum atomic E-state index is 5.82. The molecule has 2 unspecified atom stereocenters. The predicted octanol–water partition coefficient (Wildman–Crippen LogP) is 2.33. The molecule has 4 nitrogen and oxygen atoms in total. The summed E-state index contributed by atoms with van der Waals surface area (Å²) >= 11 is 7.00. The summed E-state index contributed by atoms with van der Waals surface area (Å²) in [6.07, 6.45) is 1.82. The van der Waals surface area contributed by atoms with Crippen LogP contribution in [0.1, 0.15) is 18.7 Å². The van der Waals surface area contributed by atoms with Gasteiger partial charge in [0.05, 0.1) is 24.4 Å². The Kier molecular flexibility index (Phi) is 5.14. The summed E-state index contributed by atoms with van der Waals surface area (Å²) in [6, 6.07) is 2.13. The van der Waals surface area contributed by atoms with E-state index in [-0.39, 0.29) is 12.1 Å². The van der Waals surface area contributed by atoms with Gasteiger partial charge in [0.25, 0.3) is 0 Å². The molecule has 0 radical (unpaired) electrons. The quantitative estimate of drug-likeness (QED) is 0.876. The normalized spacial score (nSPS) is 25.3. The van der Waals surface area contributed by atoms with Crippen molar-refractivity contribution in [2.45, 2.75) is 19.1 Å². The number of halogens is 2. The first kappa shape index (κ1) is 14.4. The van der Waals surface area contributed by atoms with Gasteiger partial charge in [0.15, 0.2) is 0 Å². The molecule has 6 heteroatoms. The number of aromatic nitrogens is 1. The van der Waals surface area contributed by atoms with E-state index in [0.717, 1.165) is 34.3 Å². The van der Waals surface area contributed by atoms with Crippen LogP contribution in [0, 0.1) is 0 Å². The Morgan fingerprint density at radius 1 is 1.56 bits per heavy atom.